The highest BCUT2D eigenvalue weighted by Crippen LogP contribution is 2.66. The van der Waals surface area contributed by atoms with Crippen molar-refractivity contribution in [1.29, 1.82) is 0 Å². The topological polar surface area (TPSA) is 305 Å². The number of hydrogen-bond acceptors (Lipinski definition) is 13. The summed E-state index contributed by atoms with van der Waals surface area (Å²) < 4.78 is 65.8. The minimum Gasteiger partial charge on any atom is -0.480 e. The summed E-state index contributed by atoms with van der Waals surface area (Å²) in [5.41, 5.74) is 0. The van der Waals surface area contributed by atoms with Crippen molar-refractivity contribution in [3.05, 3.63) is 0 Å². The zero-order valence-electron chi connectivity index (χ0n) is 14.9. The number of aliphatic hydroxyl groups excluding tert-OH is 2. The van der Waals surface area contributed by atoms with Crippen LogP contribution in [0, 0.1) is 0 Å². The molecule has 1 aliphatic heterocycles. The fraction of sp³-hybridized carbons (Fsp3) is 0.875. The number of nitrogens with one attached hydrogen (secondary N) is 1. The quantitative estimate of drug-likeness (QED) is 0.110. The third kappa shape index (κ3) is 11.0. The zero-order chi connectivity index (χ0) is 24.3. The van der Waals surface area contributed by atoms with Gasteiger partial charge in [0.05, 0.1) is 19.4 Å². The SMILES string of the molecule is O=C(O)CNCP(=O)(O)OC1OC(COP(=O)(O)OP(=O)(O)OP(=O)(O)O)C(O)C1O. The van der Waals surface area contributed by atoms with E-state index in [1.807, 2.05) is 0 Å². The average molecular weight is 541 g/mol. The second kappa shape index (κ2) is 10.9. The second-order valence-corrected chi connectivity index (χ2v) is 11.9. The number of aliphatic hydroxyl groups is 2. The van der Waals surface area contributed by atoms with E-state index in [1.54, 1.807) is 0 Å². The Labute approximate surface area is 172 Å². The van der Waals surface area contributed by atoms with Crippen molar-refractivity contribution in [2.24, 2.45) is 0 Å². The molecule has 9 N–H and O–H groups in total. The van der Waals surface area contributed by atoms with Crippen molar-refractivity contribution in [2.45, 2.75) is 24.6 Å². The minimum atomic E-state index is -5.78. The Morgan fingerprint density at radius 3 is 2.03 bits per heavy atom. The minimum absolute atomic E-state index is 0.701. The van der Waals surface area contributed by atoms with E-state index < -0.39 is 81.1 Å². The molecular weight excluding hydrogens is 522 g/mol. The van der Waals surface area contributed by atoms with E-state index in [0.29, 0.717) is 0 Å². The molecule has 184 valence electrons. The summed E-state index contributed by atoms with van der Waals surface area (Å²) in [5.74, 6) is -1.35. The van der Waals surface area contributed by atoms with E-state index in [2.05, 4.69) is 23.0 Å². The first kappa shape index (κ1) is 28.9. The molecule has 0 aromatic carbocycles. The lowest BCUT2D eigenvalue weighted by Crippen LogP contribution is -2.35. The maximum absolute atomic E-state index is 11.8. The molecule has 19 nitrogen and oxygen atoms in total. The summed E-state index contributed by atoms with van der Waals surface area (Å²) in [6.45, 7) is -1.86. The van der Waals surface area contributed by atoms with E-state index in [9.17, 15) is 43.1 Å². The van der Waals surface area contributed by atoms with Gasteiger partial charge in [-0.2, -0.15) is 8.62 Å². The lowest BCUT2D eigenvalue weighted by atomic mass is 10.1. The number of aliphatic carboxylic acids is 1. The van der Waals surface area contributed by atoms with Crippen molar-refractivity contribution in [2.75, 3.05) is 19.4 Å². The number of phosphoric ester groups is 1. The van der Waals surface area contributed by atoms with Gasteiger partial charge in [0.25, 0.3) is 0 Å². The van der Waals surface area contributed by atoms with Gasteiger partial charge in [-0.3, -0.25) is 23.7 Å². The molecule has 1 rings (SSSR count). The molecule has 0 spiro atoms. The van der Waals surface area contributed by atoms with Crippen LogP contribution in [0.1, 0.15) is 0 Å². The molecule has 7 unspecified atom stereocenters. The molecular formula is C8H19NO18P4. The highest BCUT2D eigenvalue weighted by molar-refractivity contribution is 7.66. The van der Waals surface area contributed by atoms with Gasteiger partial charge < -0.3 is 44.5 Å². The Balaban J connectivity index is 2.66. The molecule has 1 fully saturated rings. The third-order valence-electron chi connectivity index (χ3n) is 2.99. The molecule has 23 heteroatoms. The van der Waals surface area contributed by atoms with Gasteiger partial charge in [0, 0.05) is 0 Å². The van der Waals surface area contributed by atoms with Gasteiger partial charge in [0.15, 0.2) is 6.29 Å². The van der Waals surface area contributed by atoms with Gasteiger partial charge in [-0.15, -0.1) is 0 Å². The number of ether oxygens (including phenoxy) is 1. The van der Waals surface area contributed by atoms with E-state index in [4.69, 9.17) is 24.5 Å². The van der Waals surface area contributed by atoms with Crippen molar-refractivity contribution in [3.63, 3.8) is 0 Å². The predicted molar refractivity (Wildman–Crippen MR) is 91.9 cm³/mol. The van der Waals surface area contributed by atoms with Crippen molar-refractivity contribution >= 4 is 37.0 Å². The van der Waals surface area contributed by atoms with Gasteiger partial charge in [0.1, 0.15) is 18.3 Å². The summed E-state index contributed by atoms with van der Waals surface area (Å²) in [4.78, 5) is 55.1. The molecule has 1 heterocycles. The van der Waals surface area contributed by atoms with Crippen LogP contribution in [-0.2, 0) is 45.5 Å². The van der Waals surface area contributed by atoms with Crippen LogP contribution in [0.25, 0.3) is 0 Å². The van der Waals surface area contributed by atoms with Crippen LogP contribution >= 0.6 is 31.1 Å². The summed E-state index contributed by atoms with van der Waals surface area (Å²) in [5, 5.41) is 30.1. The largest absolute Gasteiger partial charge is 0.490 e. The van der Waals surface area contributed by atoms with Crippen LogP contribution in [0.2, 0.25) is 0 Å². The molecule has 7 atom stereocenters. The van der Waals surface area contributed by atoms with Crippen molar-refractivity contribution < 1.29 is 85.2 Å². The Kier molecular flexibility index (Phi) is 10.1. The highest BCUT2D eigenvalue weighted by atomic mass is 31.3. The van der Waals surface area contributed by atoms with Crippen molar-refractivity contribution in [1.82, 2.24) is 5.32 Å². The van der Waals surface area contributed by atoms with Gasteiger partial charge in [0.2, 0.25) is 0 Å². The van der Waals surface area contributed by atoms with E-state index in [1.165, 1.54) is 0 Å². The fourth-order valence-electron chi connectivity index (χ4n) is 1.91. The molecule has 0 aromatic rings. The lowest BCUT2D eigenvalue weighted by Gasteiger charge is -2.20. The number of hydrogen-bond donors (Lipinski definition) is 9. The van der Waals surface area contributed by atoms with E-state index >= 15 is 0 Å². The first-order valence-corrected chi connectivity index (χ1v) is 13.8. The van der Waals surface area contributed by atoms with Gasteiger partial charge in [-0.25, -0.2) is 13.7 Å². The number of carboxylic acid groups (broad SMARTS) is 1. The van der Waals surface area contributed by atoms with Gasteiger partial charge in [-0.1, -0.05) is 0 Å². The summed E-state index contributed by atoms with van der Waals surface area (Å²) in [6, 6.07) is 0. The molecule has 1 aliphatic rings. The van der Waals surface area contributed by atoms with Crippen LogP contribution in [0.4, 0.5) is 0 Å². The van der Waals surface area contributed by atoms with Crippen LogP contribution in [0.15, 0.2) is 0 Å². The molecule has 1 saturated heterocycles. The smallest absolute Gasteiger partial charge is 0.480 e. The summed E-state index contributed by atoms with van der Waals surface area (Å²) in [6.07, 6.45) is -8.52. The Morgan fingerprint density at radius 2 is 1.52 bits per heavy atom. The van der Waals surface area contributed by atoms with Crippen LogP contribution in [0.5, 0.6) is 0 Å². The Bertz CT molecular complexity index is 825. The Hall–Kier alpha value is -0.130. The zero-order valence-corrected chi connectivity index (χ0v) is 18.5. The molecule has 31 heavy (non-hydrogen) atoms. The van der Waals surface area contributed by atoms with Crippen LogP contribution in [0.3, 0.4) is 0 Å². The van der Waals surface area contributed by atoms with Crippen LogP contribution in [-0.4, -0.2) is 89.8 Å². The monoisotopic (exact) mass is 541 g/mol. The van der Waals surface area contributed by atoms with E-state index in [0.717, 1.165) is 0 Å². The summed E-state index contributed by atoms with van der Waals surface area (Å²) in [7, 11) is -21.5. The lowest BCUT2D eigenvalue weighted by molar-refractivity contribution is -0.135. The first-order chi connectivity index (χ1) is 13.8. The van der Waals surface area contributed by atoms with Gasteiger partial charge in [-0.05, 0) is 0 Å². The molecule has 0 amide bonds. The molecule has 0 aliphatic carbocycles. The molecule has 0 saturated carbocycles. The summed E-state index contributed by atoms with van der Waals surface area (Å²) >= 11 is 0. The first-order valence-electron chi connectivity index (χ1n) is 7.55. The fourth-order valence-corrected chi connectivity index (χ4v) is 5.91. The van der Waals surface area contributed by atoms with Crippen LogP contribution < -0.4 is 5.32 Å². The molecule has 0 aromatic heterocycles. The highest BCUT2D eigenvalue weighted by Gasteiger charge is 2.48. The Morgan fingerprint density at radius 1 is 0.935 bits per heavy atom. The maximum atomic E-state index is 11.8. The van der Waals surface area contributed by atoms with E-state index in [-0.39, 0.29) is 0 Å². The number of carbonyl (C=O) groups is 1. The maximum Gasteiger partial charge on any atom is 0.490 e. The number of carboxylic acids is 1. The standard InChI is InChI=1S/C8H19NO18P4/c10-5(11)1-9-3-28(14,15)25-8-7(13)6(12)4(24-8)2-23-30(19,20)27-31(21,22)26-29(16,17)18/h4,6-9,12-13H,1-3H2,(H,10,11)(H,14,15)(H,19,20)(H,21,22)(H2,16,17,18). The normalized spacial score (nSPS) is 30.3. The number of phosphoric acid groups is 3. The third-order valence-corrected chi connectivity index (χ3v) is 7.96. The second-order valence-electron chi connectivity index (χ2n) is 5.63. The molecule has 0 radical (unpaired) electrons. The molecule has 0 bridgehead atoms. The van der Waals surface area contributed by atoms with Crippen molar-refractivity contribution in [3.8, 4) is 0 Å². The number of rotatable bonds is 13. The predicted octanol–water partition coefficient (Wildman–Crippen LogP) is -2.39. The average Bonchev–Trinajstić information content (AvgIpc) is 2.76. The van der Waals surface area contributed by atoms with Gasteiger partial charge >= 0.3 is 37.0 Å².